The van der Waals surface area contributed by atoms with Crippen LogP contribution in [-0.2, 0) is 4.79 Å². The standard InChI is InChI=1S/C25H29N3O4/c1-4-32-21-13-9-8-12-20(21)23(30)28-15-19-14-27(22(29)18-10-6-5-7-11-18)16-25(19,17-28)24(31)26(2)3/h5-13,19H,4,14-17H2,1-3H3. The Labute approximate surface area is 188 Å². The zero-order valence-corrected chi connectivity index (χ0v) is 18.8. The van der Waals surface area contributed by atoms with Crippen molar-refractivity contribution in [2.24, 2.45) is 11.3 Å². The van der Waals surface area contributed by atoms with Crippen LogP contribution in [0.5, 0.6) is 5.75 Å². The van der Waals surface area contributed by atoms with Crippen LogP contribution >= 0.6 is 0 Å². The molecule has 32 heavy (non-hydrogen) atoms. The third-order valence-corrected chi connectivity index (χ3v) is 6.45. The van der Waals surface area contributed by atoms with Crippen LogP contribution in [-0.4, -0.2) is 79.3 Å². The maximum absolute atomic E-state index is 13.4. The van der Waals surface area contributed by atoms with Crippen LogP contribution in [0.25, 0.3) is 0 Å². The van der Waals surface area contributed by atoms with Gasteiger partial charge < -0.3 is 19.4 Å². The van der Waals surface area contributed by atoms with Crippen molar-refractivity contribution in [2.75, 3.05) is 46.9 Å². The highest BCUT2D eigenvalue weighted by molar-refractivity contribution is 5.99. The minimum Gasteiger partial charge on any atom is -0.493 e. The van der Waals surface area contributed by atoms with Gasteiger partial charge in [-0.2, -0.15) is 0 Å². The van der Waals surface area contributed by atoms with E-state index < -0.39 is 5.41 Å². The number of para-hydroxylation sites is 1. The molecule has 0 aliphatic carbocycles. The Morgan fingerprint density at radius 2 is 1.53 bits per heavy atom. The first-order valence-electron chi connectivity index (χ1n) is 10.9. The summed E-state index contributed by atoms with van der Waals surface area (Å²) < 4.78 is 5.64. The average molecular weight is 436 g/mol. The highest BCUT2D eigenvalue weighted by Gasteiger charge is 2.59. The Morgan fingerprint density at radius 1 is 0.938 bits per heavy atom. The van der Waals surface area contributed by atoms with Gasteiger partial charge >= 0.3 is 0 Å². The van der Waals surface area contributed by atoms with Crippen LogP contribution in [0.4, 0.5) is 0 Å². The number of likely N-dealkylation sites (tertiary alicyclic amines) is 2. The van der Waals surface area contributed by atoms with Crippen molar-refractivity contribution < 1.29 is 19.1 Å². The minimum absolute atomic E-state index is 0.0424. The van der Waals surface area contributed by atoms with E-state index in [9.17, 15) is 14.4 Å². The van der Waals surface area contributed by atoms with Gasteiger partial charge in [0.15, 0.2) is 0 Å². The third kappa shape index (κ3) is 3.72. The number of benzene rings is 2. The number of fused-ring (bicyclic) bond motifs is 1. The topological polar surface area (TPSA) is 70.2 Å². The summed E-state index contributed by atoms with van der Waals surface area (Å²) in [6.07, 6.45) is 0. The predicted molar refractivity (Wildman–Crippen MR) is 120 cm³/mol. The summed E-state index contributed by atoms with van der Waals surface area (Å²) in [7, 11) is 3.45. The molecule has 2 saturated heterocycles. The number of ether oxygens (including phenoxy) is 1. The van der Waals surface area contributed by atoms with Crippen LogP contribution in [0.2, 0.25) is 0 Å². The first-order valence-corrected chi connectivity index (χ1v) is 10.9. The van der Waals surface area contributed by atoms with Gasteiger partial charge in [0.05, 0.1) is 17.6 Å². The lowest BCUT2D eigenvalue weighted by Gasteiger charge is -2.30. The van der Waals surface area contributed by atoms with Gasteiger partial charge in [0.25, 0.3) is 11.8 Å². The van der Waals surface area contributed by atoms with E-state index in [0.29, 0.717) is 43.1 Å². The van der Waals surface area contributed by atoms with Gasteiger partial charge in [-0.25, -0.2) is 0 Å². The van der Waals surface area contributed by atoms with E-state index in [1.54, 1.807) is 53.1 Å². The van der Waals surface area contributed by atoms with Crippen molar-refractivity contribution in [1.29, 1.82) is 0 Å². The number of amides is 3. The second-order valence-corrected chi connectivity index (χ2v) is 8.72. The molecule has 2 aliphatic heterocycles. The molecule has 2 atom stereocenters. The smallest absolute Gasteiger partial charge is 0.257 e. The van der Waals surface area contributed by atoms with Crippen molar-refractivity contribution in [3.63, 3.8) is 0 Å². The molecule has 2 unspecified atom stereocenters. The Morgan fingerprint density at radius 3 is 2.16 bits per heavy atom. The van der Waals surface area contributed by atoms with E-state index in [2.05, 4.69) is 0 Å². The molecule has 7 heteroatoms. The number of carbonyl (C=O) groups excluding carboxylic acids is 3. The van der Waals surface area contributed by atoms with Crippen LogP contribution in [0.3, 0.4) is 0 Å². The predicted octanol–water partition coefficient (Wildman–Crippen LogP) is 2.39. The summed E-state index contributed by atoms with van der Waals surface area (Å²) in [6.45, 7) is 3.81. The maximum atomic E-state index is 13.4. The van der Waals surface area contributed by atoms with Gasteiger partial charge in [-0.05, 0) is 31.2 Å². The van der Waals surface area contributed by atoms with Crippen LogP contribution in [0, 0.1) is 11.3 Å². The van der Waals surface area contributed by atoms with Crippen molar-refractivity contribution in [2.45, 2.75) is 6.92 Å². The summed E-state index contributed by atoms with van der Waals surface area (Å²) in [5.41, 5.74) is 0.307. The van der Waals surface area contributed by atoms with Gasteiger partial charge in [0.1, 0.15) is 5.75 Å². The zero-order valence-electron chi connectivity index (χ0n) is 18.8. The highest BCUT2D eigenvalue weighted by atomic mass is 16.5. The minimum atomic E-state index is -0.801. The van der Waals surface area contributed by atoms with Crippen molar-refractivity contribution in [3.05, 3.63) is 65.7 Å². The lowest BCUT2D eigenvalue weighted by Crippen LogP contribution is -2.48. The van der Waals surface area contributed by atoms with E-state index in [1.165, 1.54) is 0 Å². The SMILES string of the molecule is CCOc1ccccc1C(=O)N1CC2CN(C(=O)c3ccccc3)CC2(C(=O)N(C)C)C1. The van der Waals surface area contributed by atoms with Gasteiger partial charge in [-0.15, -0.1) is 0 Å². The molecule has 0 radical (unpaired) electrons. The molecule has 2 aliphatic rings. The molecule has 2 aromatic rings. The van der Waals surface area contributed by atoms with E-state index in [1.807, 2.05) is 37.3 Å². The fraction of sp³-hybridized carbons (Fsp3) is 0.400. The van der Waals surface area contributed by atoms with Gasteiger partial charge in [-0.3, -0.25) is 14.4 Å². The van der Waals surface area contributed by atoms with Gasteiger partial charge in [0.2, 0.25) is 5.91 Å². The molecule has 0 aromatic heterocycles. The Hall–Kier alpha value is -3.35. The molecular weight excluding hydrogens is 406 g/mol. The third-order valence-electron chi connectivity index (χ3n) is 6.45. The lowest BCUT2D eigenvalue weighted by atomic mass is 9.79. The van der Waals surface area contributed by atoms with E-state index in [-0.39, 0.29) is 30.2 Å². The number of nitrogens with zero attached hydrogens (tertiary/aromatic N) is 3. The van der Waals surface area contributed by atoms with Crippen molar-refractivity contribution >= 4 is 17.7 Å². The quantitative estimate of drug-likeness (QED) is 0.723. The molecule has 4 rings (SSSR count). The van der Waals surface area contributed by atoms with E-state index in [0.717, 1.165) is 0 Å². The first kappa shape index (κ1) is 21.9. The van der Waals surface area contributed by atoms with E-state index >= 15 is 0 Å². The number of hydrogen-bond donors (Lipinski definition) is 0. The van der Waals surface area contributed by atoms with Crippen molar-refractivity contribution in [1.82, 2.24) is 14.7 Å². The average Bonchev–Trinajstić information content (AvgIpc) is 3.34. The zero-order chi connectivity index (χ0) is 22.9. The molecule has 3 amide bonds. The van der Waals surface area contributed by atoms with E-state index in [4.69, 9.17) is 4.74 Å². The highest BCUT2D eigenvalue weighted by Crippen LogP contribution is 2.45. The Balaban J connectivity index is 1.60. The second kappa shape index (κ2) is 8.65. The molecule has 0 spiro atoms. The molecule has 0 N–H and O–H groups in total. The van der Waals surface area contributed by atoms with Crippen LogP contribution < -0.4 is 4.74 Å². The monoisotopic (exact) mass is 435 g/mol. The van der Waals surface area contributed by atoms with Gasteiger partial charge in [0, 0.05) is 51.8 Å². The summed E-state index contributed by atoms with van der Waals surface area (Å²) in [6, 6.07) is 16.3. The fourth-order valence-electron chi connectivity index (χ4n) is 4.98. The Kier molecular flexibility index (Phi) is 5.91. The molecule has 7 nitrogen and oxygen atoms in total. The van der Waals surface area contributed by atoms with Gasteiger partial charge in [-0.1, -0.05) is 30.3 Å². The lowest BCUT2D eigenvalue weighted by molar-refractivity contribution is -0.139. The normalized spacial score (nSPS) is 21.9. The molecular formula is C25H29N3O4. The summed E-state index contributed by atoms with van der Waals surface area (Å²) in [4.78, 5) is 44.9. The first-order chi connectivity index (χ1) is 15.4. The summed E-state index contributed by atoms with van der Waals surface area (Å²) in [5, 5.41) is 0. The fourth-order valence-corrected chi connectivity index (χ4v) is 4.98. The molecule has 2 fully saturated rings. The molecule has 2 heterocycles. The largest absolute Gasteiger partial charge is 0.493 e. The van der Waals surface area contributed by atoms with Crippen LogP contribution in [0.15, 0.2) is 54.6 Å². The number of carbonyl (C=O) groups is 3. The second-order valence-electron chi connectivity index (χ2n) is 8.72. The summed E-state index contributed by atoms with van der Waals surface area (Å²) in [5.74, 6) is 0.166. The molecule has 2 aromatic carbocycles. The Bertz CT molecular complexity index is 1020. The van der Waals surface area contributed by atoms with Crippen LogP contribution in [0.1, 0.15) is 27.6 Å². The maximum Gasteiger partial charge on any atom is 0.257 e. The molecule has 0 saturated carbocycles. The van der Waals surface area contributed by atoms with Crippen molar-refractivity contribution in [3.8, 4) is 5.75 Å². The number of hydrogen-bond acceptors (Lipinski definition) is 4. The molecule has 168 valence electrons. The summed E-state index contributed by atoms with van der Waals surface area (Å²) >= 11 is 0. The number of rotatable bonds is 5. The molecule has 0 bridgehead atoms.